The number of nitrogens with zero attached hydrogens (tertiary/aromatic N) is 1. The molecule has 7 heteroatoms. The lowest BCUT2D eigenvalue weighted by Gasteiger charge is -2.33. The van der Waals surface area contributed by atoms with Gasteiger partial charge < -0.3 is 9.84 Å². The van der Waals surface area contributed by atoms with Crippen LogP contribution in [0.4, 0.5) is 13.2 Å². The molecule has 86 valence electrons. The van der Waals surface area contributed by atoms with Gasteiger partial charge in [0.25, 0.3) is 0 Å². The average molecular weight is 236 g/mol. The monoisotopic (exact) mass is 235 g/mol. The molecule has 3 nitrogen and oxygen atoms in total. The van der Waals surface area contributed by atoms with Gasteiger partial charge in [-0.15, -0.1) is 12.4 Å². The largest absolute Gasteiger partial charge is 0.415 e. The zero-order valence-corrected chi connectivity index (χ0v) is 8.27. The van der Waals surface area contributed by atoms with Crippen molar-refractivity contribution in [3.05, 3.63) is 0 Å². The summed E-state index contributed by atoms with van der Waals surface area (Å²) in [7, 11) is 0. The summed E-state index contributed by atoms with van der Waals surface area (Å²) >= 11 is 0. The molecule has 1 fully saturated rings. The van der Waals surface area contributed by atoms with Crippen molar-refractivity contribution in [2.24, 2.45) is 0 Å². The number of alkyl halides is 3. The first-order chi connectivity index (χ1) is 6.04. The van der Waals surface area contributed by atoms with Crippen LogP contribution in [0.25, 0.3) is 0 Å². The van der Waals surface area contributed by atoms with Gasteiger partial charge in [0, 0.05) is 19.6 Å². The second kappa shape index (κ2) is 5.75. The Balaban J connectivity index is 0.00000169. The van der Waals surface area contributed by atoms with E-state index in [0.717, 1.165) is 0 Å². The van der Waals surface area contributed by atoms with Gasteiger partial charge in [-0.1, -0.05) is 0 Å². The molecule has 1 N–H and O–H groups in total. The highest BCUT2D eigenvalue weighted by Crippen LogP contribution is 2.25. The number of aliphatic hydroxyl groups is 1. The SMILES string of the molecule is Cl.OCCN1CCOC(C(F)(F)F)C1. The fourth-order valence-corrected chi connectivity index (χ4v) is 1.25. The van der Waals surface area contributed by atoms with Crippen molar-refractivity contribution in [1.29, 1.82) is 0 Å². The number of hydrogen-bond acceptors (Lipinski definition) is 3. The van der Waals surface area contributed by atoms with Crippen LogP contribution in [0, 0.1) is 0 Å². The standard InChI is InChI=1S/C7H12F3NO2.ClH/c8-7(9,10)6-5-11(1-3-12)2-4-13-6;/h6,12H,1-5H2;1H. The molecule has 0 aromatic carbocycles. The van der Waals surface area contributed by atoms with Gasteiger partial charge in [-0.2, -0.15) is 13.2 Å². The fourth-order valence-electron chi connectivity index (χ4n) is 1.25. The Hall–Kier alpha value is -0.0400. The Kier molecular flexibility index (Phi) is 5.73. The number of β-amino-alcohol motifs (C(OH)–C–C–N with tert-alkyl or cyclic N) is 1. The van der Waals surface area contributed by atoms with Crippen molar-refractivity contribution in [3.63, 3.8) is 0 Å². The molecule has 0 amide bonds. The highest BCUT2D eigenvalue weighted by molar-refractivity contribution is 5.85. The molecule has 0 bridgehead atoms. The normalized spacial score (nSPS) is 24.4. The number of hydrogen-bond donors (Lipinski definition) is 1. The molecule has 1 aliphatic heterocycles. The topological polar surface area (TPSA) is 32.7 Å². The molecule has 1 atom stereocenters. The molecule has 1 saturated heterocycles. The van der Waals surface area contributed by atoms with Crippen LogP contribution in [0.1, 0.15) is 0 Å². The summed E-state index contributed by atoms with van der Waals surface area (Å²) in [5.41, 5.74) is 0. The minimum absolute atomic E-state index is 0. The molecule has 0 aliphatic carbocycles. The van der Waals surface area contributed by atoms with Crippen LogP contribution < -0.4 is 0 Å². The summed E-state index contributed by atoms with van der Waals surface area (Å²) in [5, 5.41) is 8.54. The molecule has 14 heavy (non-hydrogen) atoms. The first kappa shape index (κ1) is 14.0. The van der Waals surface area contributed by atoms with E-state index >= 15 is 0 Å². The van der Waals surface area contributed by atoms with E-state index in [9.17, 15) is 13.2 Å². The summed E-state index contributed by atoms with van der Waals surface area (Å²) in [6, 6.07) is 0. The number of rotatable bonds is 2. The van der Waals surface area contributed by atoms with Crippen LogP contribution in [-0.2, 0) is 4.74 Å². The van der Waals surface area contributed by atoms with E-state index in [1.807, 2.05) is 0 Å². The third kappa shape index (κ3) is 4.00. The number of halogens is 4. The van der Waals surface area contributed by atoms with Gasteiger partial charge in [0.05, 0.1) is 13.2 Å². The van der Waals surface area contributed by atoms with Gasteiger partial charge in [0.1, 0.15) is 0 Å². The van der Waals surface area contributed by atoms with E-state index in [4.69, 9.17) is 5.11 Å². The summed E-state index contributed by atoms with van der Waals surface area (Å²) in [4.78, 5) is 1.54. The van der Waals surface area contributed by atoms with Crippen LogP contribution in [0.3, 0.4) is 0 Å². The number of morpholine rings is 1. The number of aliphatic hydroxyl groups excluding tert-OH is 1. The molecule has 0 aromatic rings. The Bertz CT molecular complexity index is 166. The lowest BCUT2D eigenvalue weighted by Crippen LogP contribution is -2.49. The van der Waals surface area contributed by atoms with Gasteiger partial charge >= 0.3 is 6.18 Å². The van der Waals surface area contributed by atoms with E-state index in [-0.39, 0.29) is 38.7 Å². The molecule has 1 heterocycles. The highest BCUT2D eigenvalue weighted by atomic mass is 35.5. The molecule has 1 aliphatic rings. The Morgan fingerprint density at radius 2 is 2.07 bits per heavy atom. The predicted molar refractivity (Wildman–Crippen MR) is 46.6 cm³/mol. The molecule has 0 radical (unpaired) electrons. The minimum Gasteiger partial charge on any atom is -0.395 e. The lowest BCUT2D eigenvalue weighted by atomic mass is 10.2. The van der Waals surface area contributed by atoms with E-state index in [2.05, 4.69) is 4.74 Å². The first-order valence-electron chi connectivity index (χ1n) is 4.05. The van der Waals surface area contributed by atoms with Crippen LogP contribution >= 0.6 is 12.4 Å². The van der Waals surface area contributed by atoms with E-state index in [1.165, 1.54) is 0 Å². The third-order valence-corrected chi connectivity index (χ3v) is 1.93. The lowest BCUT2D eigenvalue weighted by molar-refractivity contribution is -0.237. The molecular weight excluding hydrogens is 223 g/mol. The van der Waals surface area contributed by atoms with Gasteiger partial charge in [0.15, 0.2) is 6.10 Å². The first-order valence-corrected chi connectivity index (χ1v) is 4.05. The maximum absolute atomic E-state index is 12.1. The average Bonchev–Trinajstić information content (AvgIpc) is 2.04. The van der Waals surface area contributed by atoms with Gasteiger partial charge in [-0.3, -0.25) is 4.90 Å². The molecule has 1 rings (SSSR count). The summed E-state index contributed by atoms with van der Waals surface area (Å²) < 4.78 is 41.0. The number of ether oxygens (including phenoxy) is 1. The van der Waals surface area contributed by atoms with Crippen LogP contribution in [-0.4, -0.2) is 55.1 Å². The predicted octanol–water partition coefficient (Wildman–Crippen LogP) is 0.664. The fraction of sp³-hybridized carbons (Fsp3) is 1.00. The zero-order chi connectivity index (χ0) is 9.90. The van der Waals surface area contributed by atoms with Gasteiger partial charge in [-0.25, -0.2) is 0 Å². The zero-order valence-electron chi connectivity index (χ0n) is 7.46. The summed E-state index contributed by atoms with van der Waals surface area (Å²) in [6.07, 6.45) is -6.00. The van der Waals surface area contributed by atoms with E-state index < -0.39 is 12.3 Å². The second-order valence-electron chi connectivity index (χ2n) is 2.93. The molecule has 0 saturated carbocycles. The van der Waals surface area contributed by atoms with Crippen molar-refractivity contribution >= 4 is 12.4 Å². The highest BCUT2D eigenvalue weighted by Gasteiger charge is 2.43. The van der Waals surface area contributed by atoms with Crippen molar-refractivity contribution in [2.75, 3.05) is 32.8 Å². The van der Waals surface area contributed by atoms with Gasteiger partial charge in [0.2, 0.25) is 0 Å². The Morgan fingerprint density at radius 1 is 1.43 bits per heavy atom. The maximum Gasteiger partial charge on any atom is 0.415 e. The van der Waals surface area contributed by atoms with E-state index in [1.54, 1.807) is 4.90 Å². The summed E-state index contributed by atoms with van der Waals surface area (Å²) in [6.45, 7) is 0.502. The van der Waals surface area contributed by atoms with E-state index in [0.29, 0.717) is 6.54 Å². The van der Waals surface area contributed by atoms with Gasteiger partial charge in [-0.05, 0) is 0 Å². The van der Waals surface area contributed by atoms with Crippen LogP contribution in [0.5, 0.6) is 0 Å². The molecular formula is C7H13ClF3NO2. The Labute approximate surface area is 86.2 Å². The summed E-state index contributed by atoms with van der Waals surface area (Å²) in [5.74, 6) is 0. The maximum atomic E-state index is 12.1. The minimum atomic E-state index is -4.30. The molecule has 0 aromatic heterocycles. The van der Waals surface area contributed by atoms with Crippen molar-refractivity contribution in [3.8, 4) is 0 Å². The second-order valence-corrected chi connectivity index (χ2v) is 2.93. The van der Waals surface area contributed by atoms with Crippen molar-refractivity contribution in [1.82, 2.24) is 4.90 Å². The van der Waals surface area contributed by atoms with Crippen molar-refractivity contribution < 1.29 is 23.0 Å². The molecule has 0 spiro atoms. The van der Waals surface area contributed by atoms with Crippen molar-refractivity contribution in [2.45, 2.75) is 12.3 Å². The quantitative estimate of drug-likeness (QED) is 0.764. The Morgan fingerprint density at radius 3 is 2.57 bits per heavy atom. The van der Waals surface area contributed by atoms with Crippen LogP contribution in [0.15, 0.2) is 0 Å². The smallest absolute Gasteiger partial charge is 0.395 e. The molecule has 1 unspecified atom stereocenters. The van der Waals surface area contributed by atoms with Crippen LogP contribution in [0.2, 0.25) is 0 Å². The third-order valence-electron chi connectivity index (χ3n) is 1.93.